The number of ether oxygens (including phenoxy) is 1. The van der Waals surface area contributed by atoms with Crippen LogP contribution in [0.2, 0.25) is 0 Å². The lowest BCUT2D eigenvalue weighted by Crippen LogP contribution is -1.92. The molecular formula is C7H8N2O2. The highest BCUT2D eigenvalue weighted by molar-refractivity contribution is 5.71. The summed E-state index contributed by atoms with van der Waals surface area (Å²) < 4.78 is 12.0. The molecule has 0 saturated heterocycles. The van der Waals surface area contributed by atoms with Gasteiger partial charge in [0.15, 0.2) is 23.5 Å². The lowest BCUT2D eigenvalue weighted by atomic mass is 10.6. The van der Waals surface area contributed by atoms with Crippen molar-refractivity contribution < 1.29 is 9.15 Å². The molecule has 4 heteroatoms. The Morgan fingerprint density at radius 1 is 1.64 bits per heavy atom. The number of nitrogens with zero attached hydrogens (tertiary/aromatic N) is 2. The molecule has 0 amide bonds. The van der Waals surface area contributed by atoms with E-state index in [-0.39, 0.29) is 0 Å². The zero-order chi connectivity index (χ0) is 7.84. The Morgan fingerprint density at radius 3 is 3.09 bits per heavy atom. The number of fused-ring (bicyclic) bond motifs is 1. The minimum Gasteiger partial charge on any atom is -0.482 e. The van der Waals surface area contributed by atoms with E-state index in [2.05, 4.69) is 4.98 Å². The maximum Gasteiger partial charge on any atom is 0.198 e. The smallest absolute Gasteiger partial charge is 0.198 e. The summed E-state index contributed by atoms with van der Waals surface area (Å²) in [6, 6.07) is 1.81. The third-order valence-corrected chi connectivity index (χ3v) is 1.69. The van der Waals surface area contributed by atoms with E-state index < -0.39 is 0 Å². The summed E-state index contributed by atoms with van der Waals surface area (Å²) in [4.78, 5) is 4.00. The summed E-state index contributed by atoms with van der Waals surface area (Å²) in [5.41, 5.74) is 1.56. The molecule has 2 heterocycles. The van der Waals surface area contributed by atoms with Crippen LogP contribution < -0.4 is 4.74 Å². The van der Waals surface area contributed by atoms with Gasteiger partial charge in [0.05, 0.1) is 7.11 Å². The van der Waals surface area contributed by atoms with E-state index >= 15 is 0 Å². The molecule has 0 aromatic carbocycles. The average Bonchev–Trinajstić information content (AvgIpc) is 2.53. The van der Waals surface area contributed by atoms with Crippen molar-refractivity contribution in [3.63, 3.8) is 0 Å². The molecule has 2 aromatic rings. The summed E-state index contributed by atoms with van der Waals surface area (Å²) in [7, 11) is 3.50. The molecule has 11 heavy (non-hydrogen) atoms. The van der Waals surface area contributed by atoms with E-state index in [0.717, 1.165) is 17.1 Å². The minimum atomic E-state index is 0.754. The van der Waals surface area contributed by atoms with E-state index in [9.17, 15) is 0 Å². The normalized spacial score (nSPS) is 10.7. The van der Waals surface area contributed by atoms with E-state index in [1.165, 1.54) is 6.39 Å². The van der Waals surface area contributed by atoms with Gasteiger partial charge in [-0.05, 0) is 0 Å². The Labute approximate surface area is 63.4 Å². The van der Waals surface area contributed by atoms with Crippen LogP contribution in [0.5, 0.6) is 5.88 Å². The first-order valence-electron chi connectivity index (χ1n) is 3.26. The molecule has 0 bridgehead atoms. The van der Waals surface area contributed by atoms with Gasteiger partial charge in [0.2, 0.25) is 0 Å². The minimum absolute atomic E-state index is 0.754. The van der Waals surface area contributed by atoms with Gasteiger partial charge in [-0.1, -0.05) is 0 Å². The lowest BCUT2D eigenvalue weighted by Gasteiger charge is -1.98. The summed E-state index contributed by atoms with van der Waals surface area (Å²) in [5.74, 6) is 0.756. The Kier molecular flexibility index (Phi) is 1.15. The highest BCUT2D eigenvalue weighted by atomic mass is 16.5. The van der Waals surface area contributed by atoms with Crippen LogP contribution in [-0.2, 0) is 7.05 Å². The van der Waals surface area contributed by atoms with Gasteiger partial charge in [-0.3, -0.25) is 4.57 Å². The number of hydrogen-bond acceptors (Lipinski definition) is 3. The molecule has 58 valence electrons. The van der Waals surface area contributed by atoms with Gasteiger partial charge in [0, 0.05) is 13.1 Å². The molecule has 0 spiro atoms. The Hall–Kier alpha value is -1.45. The van der Waals surface area contributed by atoms with E-state index in [4.69, 9.17) is 9.15 Å². The molecule has 0 unspecified atom stereocenters. The number of oxazole rings is 1. The van der Waals surface area contributed by atoms with Crippen molar-refractivity contribution >= 4 is 11.2 Å². The maximum absolute atomic E-state index is 5.07. The average molecular weight is 152 g/mol. The van der Waals surface area contributed by atoms with Crippen LogP contribution in [-0.4, -0.2) is 16.7 Å². The molecule has 0 saturated carbocycles. The predicted molar refractivity (Wildman–Crippen MR) is 39.5 cm³/mol. The SMILES string of the molecule is COc1cc2ocnc2n1C. The Bertz CT molecular complexity index is 375. The third-order valence-electron chi connectivity index (χ3n) is 1.69. The van der Waals surface area contributed by atoms with E-state index in [1.807, 2.05) is 17.7 Å². The molecule has 2 rings (SSSR count). The predicted octanol–water partition coefficient (Wildman–Crippen LogP) is 1.17. The molecule has 2 aromatic heterocycles. The van der Waals surface area contributed by atoms with Crippen molar-refractivity contribution in [3.05, 3.63) is 12.5 Å². The van der Waals surface area contributed by atoms with Crippen LogP contribution >= 0.6 is 0 Å². The summed E-state index contributed by atoms with van der Waals surface area (Å²) in [5, 5.41) is 0. The number of methoxy groups -OCH3 is 1. The highest BCUT2D eigenvalue weighted by Crippen LogP contribution is 2.21. The highest BCUT2D eigenvalue weighted by Gasteiger charge is 2.08. The number of hydrogen-bond donors (Lipinski definition) is 0. The molecule has 0 aliphatic heterocycles. The van der Waals surface area contributed by atoms with Gasteiger partial charge >= 0.3 is 0 Å². The van der Waals surface area contributed by atoms with Crippen LogP contribution in [0.4, 0.5) is 0 Å². The van der Waals surface area contributed by atoms with Crippen molar-refractivity contribution in [1.82, 2.24) is 9.55 Å². The molecular weight excluding hydrogens is 144 g/mol. The van der Waals surface area contributed by atoms with Crippen LogP contribution in [0.15, 0.2) is 16.9 Å². The Morgan fingerprint density at radius 2 is 2.45 bits per heavy atom. The van der Waals surface area contributed by atoms with Gasteiger partial charge in [0.25, 0.3) is 0 Å². The van der Waals surface area contributed by atoms with Crippen LogP contribution in [0.25, 0.3) is 11.2 Å². The fraction of sp³-hybridized carbons (Fsp3) is 0.286. The second-order valence-electron chi connectivity index (χ2n) is 2.29. The standard InChI is InChI=1S/C7H8N2O2/c1-9-6(10-2)3-5-7(9)8-4-11-5/h3-4H,1-2H3. The summed E-state index contributed by atoms with van der Waals surface area (Å²) >= 11 is 0. The largest absolute Gasteiger partial charge is 0.482 e. The van der Waals surface area contributed by atoms with Gasteiger partial charge in [-0.25, -0.2) is 0 Å². The van der Waals surface area contributed by atoms with Gasteiger partial charge in [0.1, 0.15) is 0 Å². The summed E-state index contributed by atoms with van der Waals surface area (Å²) in [6.45, 7) is 0. The first-order chi connectivity index (χ1) is 5.33. The van der Waals surface area contributed by atoms with Gasteiger partial charge in [-0.15, -0.1) is 0 Å². The lowest BCUT2D eigenvalue weighted by molar-refractivity contribution is 0.383. The van der Waals surface area contributed by atoms with Crippen molar-refractivity contribution in [1.29, 1.82) is 0 Å². The monoisotopic (exact) mass is 152 g/mol. The molecule has 0 fully saturated rings. The van der Waals surface area contributed by atoms with Crippen LogP contribution in [0.1, 0.15) is 0 Å². The molecule has 0 aliphatic rings. The zero-order valence-corrected chi connectivity index (χ0v) is 6.37. The molecule has 0 radical (unpaired) electrons. The second kappa shape index (κ2) is 2.02. The molecule has 4 nitrogen and oxygen atoms in total. The number of aromatic nitrogens is 2. The third kappa shape index (κ3) is 0.721. The first kappa shape index (κ1) is 6.27. The zero-order valence-electron chi connectivity index (χ0n) is 6.37. The molecule has 0 atom stereocenters. The fourth-order valence-electron chi connectivity index (χ4n) is 1.11. The topological polar surface area (TPSA) is 40.2 Å². The van der Waals surface area contributed by atoms with Crippen molar-refractivity contribution in [2.24, 2.45) is 7.05 Å². The summed E-state index contributed by atoms with van der Waals surface area (Å²) in [6.07, 6.45) is 1.42. The van der Waals surface area contributed by atoms with Gasteiger partial charge < -0.3 is 9.15 Å². The van der Waals surface area contributed by atoms with Crippen molar-refractivity contribution in [2.45, 2.75) is 0 Å². The van der Waals surface area contributed by atoms with E-state index in [1.54, 1.807) is 7.11 Å². The fourth-order valence-corrected chi connectivity index (χ4v) is 1.11. The van der Waals surface area contributed by atoms with Crippen LogP contribution in [0, 0.1) is 0 Å². The number of rotatable bonds is 1. The van der Waals surface area contributed by atoms with Crippen LogP contribution in [0.3, 0.4) is 0 Å². The first-order valence-corrected chi connectivity index (χ1v) is 3.26. The Balaban J connectivity index is 2.76. The number of aryl methyl sites for hydroxylation is 1. The van der Waals surface area contributed by atoms with Crippen molar-refractivity contribution in [2.75, 3.05) is 7.11 Å². The maximum atomic E-state index is 5.07. The second-order valence-corrected chi connectivity index (χ2v) is 2.29. The molecule has 0 aliphatic carbocycles. The van der Waals surface area contributed by atoms with Crippen molar-refractivity contribution in [3.8, 4) is 5.88 Å². The van der Waals surface area contributed by atoms with E-state index in [0.29, 0.717) is 0 Å². The molecule has 0 N–H and O–H groups in total. The van der Waals surface area contributed by atoms with Gasteiger partial charge in [-0.2, -0.15) is 4.98 Å². The quantitative estimate of drug-likeness (QED) is 0.615.